The van der Waals surface area contributed by atoms with Gasteiger partial charge in [-0.1, -0.05) is 78.9 Å². The lowest BCUT2D eigenvalue weighted by atomic mass is 9.91. The Hall–Kier alpha value is -2.62. The molecule has 0 aromatic heterocycles. The maximum Gasteiger partial charge on any atom is 0.241 e. The number of hydrogen-bond donors (Lipinski definition) is 1. The van der Waals surface area contributed by atoms with E-state index in [-0.39, 0.29) is 30.3 Å². The highest BCUT2D eigenvalue weighted by molar-refractivity contribution is 5.95. The van der Waals surface area contributed by atoms with E-state index in [1.807, 2.05) is 61.2 Å². The zero-order valence-electron chi connectivity index (χ0n) is 17.0. The van der Waals surface area contributed by atoms with Gasteiger partial charge in [-0.25, -0.2) is 0 Å². The maximum absolute atomic E-state index is 12.9. The van der Waals surface area contributed by atoms with Gasteiger partial charge in [0.05, 0.1) is 6.54 Å². The second kappa shape index (κ2) is 11.4. The van der Waals surface area contributed by atoms with Gasteiger partial charge in [0.15, 0.2) is 0 Å². The number of nitrogens with zero attached hydrogens (tertiary/aromatic N) is 1. The molecule has 3 rings (SSSR count). The number of carbonyl (C=O) groups excluding carboxylic acids is 1. The molecule has 0 unspecified atom stereocenters. The molecule has 0 spiro atoms. The quantitative estimate of drug-likeness (QED) is 0.550. The van der Waals surface area contributed by atoms with Gasteiger partial charge in [0.25, 0.3) is 0 Å². The molecule has 0 bridgehead atoms. The Morgan fingerprint density at radius 3 is 1.69 bits per heavy atom. The van der Waals surface area contributed by atoms with Crippen LogP contribution in [0.15, 0.2) is 91.0 Å². The third-order valence-corrected chi connectivity index (χ3v) is 4.85. The highest BCUT2D eigenvalue weighted by Crippen LogP contribution is 2.23. The van der Waals surface area contributed by atoms with Crippen molar-refractivity contribution in [2.45, 2.75) is 25.8 Å². The molecule has 152 valence electrons. The fraction of sp³-hybridized carbons (Fsp3) is 0.240. The van der Waals surface area contributed by atoms with E-state index in [0.717, 1.165) is 5.69 Å². The molecular weight excluding hydrogens is 380 g/mol. The van der Waals surface area contributed by atoms with Crippen LogP contribution >= 0.6 is 12.4 Å². The van der Waals surface area contributed by atoms with Crippen molar-refractivity contribution < 1.29 is 4.79 Å². The van der Waals surface area contributed by atoms with Crippen LogP contribution in [0.5, 0.6) is 0 Å². The number of nitrogens with one attached hydrogen (secondary N) is 1. The molecule has 0 aliphatic rings. The largest absolute Gasteiger partial charge is 0.309 e. The summed E-state index contributed by atoms with van der Waals surface area (Å²) >= 11 is 0. The Labute approximate surface area is 180 Å². The van der Waals surface area contributed by atoms with E-state index in [1.165, 1.54) is 11.1 Å². The first kappa shape index (κ1) is 22.7. The average Bonchev–Trinajstić information content (AvgIpc) is 2.73. The highest BCUT2D eigenvalue weighted by Gasteiger charge is 2.19. The molecule has 1 amide bonds. The molecule has 0 aliphatic carbocycles. The molecule has 0 fully saturated rings. The lowest BCUT2D eigenvalue weighted by molar-refractivity contribution is -0.118. The van der Waals surface area contributed by atoms with Crippen molar-refractivity contribution in [3.05, 3.63) is 102 Å². The molecule has 0 saturated carbocycles. The summed E-state index contributed by atoms with van der Waals surface area (Å²) in [6.45, 7) is 5.10. The summed E-state index contributed by atoms with van der Waals surface area (Å²) in [5, 5.41) is 3.40. The van der Waals surface area contributed by atoms with Crippen LogP contribution in [0.4, 0.5) is 5.69 Å². The van der Waals surface area contributed by atoms with Crippen molar-refractivity contribution in [3.8, 4) is 0 Å². The maximum atomic E-state index is 12.9. The van der Waals surface area contributed by atoms with E-state index in [1.54, 1.807) is 0 Å². The van der Waals surface area contributed by atoms with Crippen molar-refractivity contribution >= 4 is 24.0 Å². The molecule has 0 atom stereocenters. The number of hydrogen-bond acceptors (Lipinski definition) is 2. The summed E-state index contributed by atoms with van der Waals surface area (Å²) in [7, 11) is 0. The third kappa shape index (κ3) is 6.18. The van der Waals surface area contributed by atoms with Gasteiger partial charge >= 0.3 is 0 Å². The topological polar surface area (TPSA) is 32.3 Å². The number of benzene rings is 3. The lowest BCUT2D eigenvalue weighted by Gasteiger charge is -2.27. The molecule has 4 heteroatoms. The molecule has 3 aromatic carbocycles. The van der Waals surface area contributed by atoms with E-state index < -0.39 is 0 Å². The monoisotopic (exact) mass is 408 g/mol. The minimum absolute atomic E-state index is 0. The van der Waals surface area contributed by atoms with Crippen molar-refractivity contribution in [1.29, 1.82) is 0 Å². The molecule has 3 aromatic rings. The average molecular weight is 409 g/mol. The van der Waals surface area contributed by atoms with Crippen LogP contribution in [0.25, 0.3) is 0 Å². The first-order valence-electron chi connectivity index (χ1n) is 9.84. The summed E-state index contributed by atoms with van der Waals surface area (Å²) in [4.78, 5) is 14.8. The van der Waals surface area contributed by atoms with Crippen molar-refractivity contribution in [3.63, 3.8) is 0 Å². The van der Waals surface area contributed by atoms with Crippen LogP contribution in [0.1, 0.15) is 30.9 Å². The van der Waals surface area contributed by atoms with Gasteiger partial charge in [-0.3, -0.25) is 4.79 Å². The predicted molar refractivity (Wildman–Crippen MR) is 124 cm³/mol. The Kier molecular flexibility index (Phi) is 8.91. The van der Waals surface area contributed by atoms with E-state index >= 15 is 0 Å². The number of anilines is 1. The second-order valence-corrected chi connectivity index (χ2v) is 7.20. The van der Waals surface area contributed by atoms with Gasteiger partial charge in [-0.2, -0.15) is 0 Å². The van der Waals surface area contributed by atoms with Crippen molar-refractivity contribution in [2.24, 2.45) is 0 Å². The summed E-state index contributed by atoms with van der Waals surface area (Å²) < 4.78 is 0. The summed E-state index contributed by atoms with van der Waals surface area (Å²) in [5.74, 6) is 0.292. The normalized spacial score (nSPS) is 10.6. The number of carbonyl (C=O) groups is 1. The number of amides is 1. The Balaban J connectivity index is 0.00000300. The molecule has 29 heavy (non-hydrogen) atoms. The van der Waals surface area contributed by atoms with Gasteiger partial charge in [-0.15, -0.1) is 12.4 Å². The zero-order chi connectivity index (χ0) is 19.8. The SMILES string of the molecule is CC(C)N(C(=O)CNCC(c1ccccc1)c1ccccc1)c1ccccc1.Cl. The Morgan fingerprint density at radius 1 is 0.793 bits per heavy atom. The second-order valence-electron chi connectivity index (χ2n) is 7.20. The van der Waals surface area contributed by atoms with Crippen molar-refractivity contribution in [2.75, 3.05) is 18.0 Å². The number of halogens is 1. The summed E-state index contributed by atoms with van der Waals surface area (Å²) in [6.07, 6.45) is 0. The van der Waals surface area contributed by atoms with E-state index in [9.17, 15) is 4.79 Å². The smallest absolute Gasteiger partial charge is 0.241 e. The van der Waals surface area contributed by atoms with E-state index in [0.29, 0.717) is 13.1 Å². The summed E-state index contributed by atoms with van der Waals surface area (Å²) in [6, 6.07) is 30.9. The molecule has 0 radical (unpaired) electrons. The van der Waals surface area contributed by atoms with Crippen LogP contribution in [-0.4, -0.2) is 25.0 Å². The lowest BCUT2D eigenvalue weighted by Crippen LogP contribution is -2.43. The van der Waals surface area contributed by atoms with Gasteiger partial charge in [0, 0.05) is 24.2 Å². The highest BCUT2D eigenvalue weighted by atomic mass is 35.5. The number of para-hydroxylation sites is 1. The molecular formula is C25H29ClN2O. The minimum atomic E-state index is 0. The van der Waals surface area contributed by atoms with Crippen LogP contribution in [0.2, 0.25) is 0 Å². The van der Waals surface area contributed by atoms with Crippen LogP contribution in [-0.2, 0) is 4.79 Å². The molecule has 0 heterocycles. The fourth-order valence-electron chi connectivity index (χ4n) is 3.53. The summed E-state index contributed by atoms with van der Waals surface area (Å²) in [5.41, 5.74) is 3.43. The zero-order valence-corrected chi connectivity index (χ0v) is 17.8. The third-order valence-electron chi connectivity index (χ3n) is 4.85. The van der Waals surface area contributed by atoms with Gasteiger partial charge < -0.3 is 10.2 Å². The van der Waals surface area contributed by atoms with Crippen LogP contribution in [0, 0.1) is 0 Å². The molecule has 0 aliphatic heterocycles. The molecule has 0 saturated heterocycles. The van der Waals surface area contributed by atoms with Gasteiger partial charge in [0.1, 0.15) is 0 Å². The first-order valence-corrected chi connectivity index (χ1v) is 9.84. The van der Waals surface area contributed by atoms with Gasteiger partial charge in [0.2, 0.25) is 5.91 Å². The van der Waals surface area contributed by atoms with Crippen LogP contribution < -0.4 is 10.2 Å². The minimum Gasteiger partial charge on any atom is -0.309 e. The molecule has 3 nitrogen and oxygen atoms in total. The standard InChI is InChI=1S/C25H28N2O.ClH/c1-20(2)27(23-16-10-5-11-17-23)25(28)19-26-18-24(21-12-6-3-7-13-21)22-14-8-4-9-15-22;/h3-17,20,24,26H,18-19H2,1-2H3;1H. The molecule has 1 N–H and O–H groups in total. The van der Waals surface area contributed by atoms with E-state index in [2.05, 4.69) is 53.8 Å². The fourth-order valence-corrected chi connectivity index (χ4v) is 3.53. The number of rotatable bonds is 8. The van der Waals surface area contributed by atoms with Crippen molar-refractivity contribution in [1.82, 2.24) is 5.32 Å². The Bertz CT molecular complexity index is 814. The Morgan fingerprint density at radius 2 is 1.24 bits per heavy atom. The van der Waals surface area contributed by atoms with Gasteiger partial charge in [-0.05, 0) is 37.1 Å². The van der Waals surface area contributed by atoms with E-state index in [4.69, 9.17) is 0 Å². The predicted octanol–water partition coefficient (Wildman–Crippen LogP) is 5.27. The first-order chi connectivity index (χ1) is 13.7. The van der Waals surface area contributed by atoms with Crippen LogP contribution in [0.3, 0.4) is 0 Å².